The average Bonchev–Trinajstić information content (AvgIpc) is 3.50. The molecule has 0 amide bonds. The zero-order chi connectivity index (χ0) is 24.4. The second-order valence-electron chi connectivity index (χ2n) is 8.65. The largest absolute Gasteiger partial charge is 0.480 e. The summed E-state index contributed by atoms with van der Waals surface area (Å²) in [6, 6.07) is 16.5. The number of hydrogen-bond acceptors (Lipinski definition) is 8. The van der Waals surface area contributed by atoms with Crippen LogP contribution in [-0.2, 0) is 11.2 Å². The molecule has 2 atom stereocenters. The van der Waals surface area contributed by atoms with Gasteiger partial charge in [0.15, 0.2) is 11.5 Å². The number of β-amino-alcohol motifs (C(OH)–C–C–N with tert-alkyl or cyclic N) is 1. The minimum absolute atomic E-state index is 0.277. The van der Waals surface area contributed by atoms with Gasteiger partial charge in [-0.3, -0.25) is 9.69 Å². The van der Waals surface area contributed by atoms with Gasteiger partial charge in [-0.25, -0.2) is 0 Å². The lowest BCUT2D eigenvalue weighted by molar-refractivity contribution is -0.149. The Morgan fingerprint density at radius 3 is 2.51 bits per heavy atom. The molecule has 9 nitrogen and oxygen atoms in total. The van der Waals surface area contributed by atoms with Gasteiger partial charge in [0.05, 0.1) is 6.10 Å². The Balaban J connectivity index is 1.34. The van der Waals surface area contributed by atoms with Gasteiger partial charge < -0.3 is 19.3 Å². The van der Waals surface area contributed by atoms with Crippen LogP contribution >= 0.6 is 0 Å². The molecule has 1 aliphatic rings. The fourth-order valence-corrected chi connectivity index (χ4v) is 4.33. The van der Waals surface area contributed by atoms with Crippen molar-refractivity contribution in [3.05, 3.63) is 65.7 Å². The molecular weight excluding hydrogens is 448 g/mol. The normalized spacial score (nSPS) is 16.7. The molecule has 2 N–H and O–H groups in total. The van der Waals surface area contributed by atoms with Gasteiger partial charge in [0, 0.05) is 29.8 Å². The number of carbonyl (C=O) groups is 1. The van der Waals surface area contributed by atoms with Gasteiger partial charge in [-0.1, -0.05) is 78.3 Å². The van der Waals surface area contributed by atoms with Gasteiger partial charge in [0.2, 0.25) is 5.82 Å². The lowest BCUT2D eigenvalue weighted by atomic mass is 10.00. The third-order valence-corrected chi connectivity index (χ3v) is 6.33. The number of rotatable bonds is 9. The van der Waals surface area contributed by atoms with Gasteiger partial charge in [-0.2, -0.15) is 4.98 Å². The number of carboxylic acid groups (broad SMARTS) is 1. The number of aromatic nitrogens is 3. The summed E-state index contributed by atoms with van der Waals surface area (Å²) in [6.07, 6.45) is 1.49. The molecular formula is C26H26N4O5. The summed E-state index contributed by atoms with van der Waals surface area (Å²) in [6.45, 7) is 3.04. The third-order valence-electron chi connectivity index (χ3n) is 6.33. The van der Waals surface area contributed by atoms with E-state index in [4.69, 9.17) is 9.05 Å². The lowest BCUT2D eigenvalue weighted by Crippen LogP contribution is -2.53. The molecule has 0 spiro atoms. The molecule has 3 heterocycles. The highest BCUT2D eigenvalue weighted by Crippen LogP contribution is 2.33. The number of carboxylic acids is 1. The van der Waals surface area contributed by atoms with E-state index in [1.165, 1.54) is 0 Å². The Kier molecular flexibility index (Phi) is 6.43. The maximum atomic E-state index is 11.2. The van der Waals surface area contributed by atoms with Crippen LogP contribution in [0.5, 0.6) is 0 Å². The maximum absolute atomic E-state index is 11.2. The van der Waals surface area contributed by atoms with Gasteiger partial charge in [0.25, 0.3) is 5.89 Å². The van der Waals surface area contributed by atoms with Crippen LogP contribution in [0.1, 0.15) is 37.0 Å². The molecule has 0 radical (unpaired) electrons. The van der Waals surface area contributed by atoms with Crippen LogP contribution in [0.2, 0.25) is 0 Å². The first-order chi connectivity index (χ1) is 17.0. The standard InChI is InChI=1S/C26H26N4O5/c1-2-6-19-22(28-34-23(19)17-7-4-3-5-8-17)25-27-24(29-35-25)18-11-9-16(10-12-18)21(31)15-30-14-13-20(30)26(32)33/h3-5,7-12,20-21,31H,2,6,13-15H2,1H3,(H,32,33)/t20-,21?/m1/s1. The molecule has 1 fully saturated rings. The molecule has 0 bridgehead atoms. The van der Waals surface area contributed by atoms with Crippen molar-refractivity contribution in [3.63, 3.8) is 0 Å². The lowest BCUT2D eigenvalue weighted by Gasteiger charge is -2.39. The fourth-order valence-electron chi connectivity index (χ4n) is 4.33. The van der Waals surface area contributed by atoms with E-state index in [9.17, 15) is 15.0 Å². The van der Waals surface area contributed by atoms with Crippen molar-refractivity contribution in [3.8, 4) is 34.3 Å². The van der Waals surface area contributed by atoms with E-state index >= 15 is 0 Å². The summed E-state index contributed by atoms with van der Waals surface area (Å²) in [7, 11) is 0. The zero-order valence-electron chi connectivity index (χ0n) is 19.3. The molecule has 1 unspecified atom stereocenters. The van der Waals surface area contributed by atoms with Crippen LogP contribution in [0.4, 0.5) is 0 Å². The van der Waals surface area contributed by atoms with E-state index in [1.54, 1.807) is 17.0 Å². The zero-order valence-corrected chi connectivity index (χ0v) is 19.3. The Bertz CT molecular complexity index is 1300. The highest BCUT2D eigenvalue weighted by atomic mass is 16.5. The summed E-state index contributed by atoms with van der Waals surface area (Å²) in [5, 5.41) is 28.1. The van der Waals surface area contributed by atoms with Crippen LogP contribution < -0.4 is 0 Å². The van der Waals surface area contributed by atoms with Gasteiger partial charge in [0.1, 0.15) is 6.04 Å². The Morgan fingerprint density at radius 1 is 1.09 bits per heavy atom. The summed E-state index contributed by atoms with van der Waals surface area (Å²) < 4.78 is 11.2. The second kappa shape index (κ2) is 9.81. The molecule has 180 valence electrons. The molecule has 5 rings (SSSR count). The highest BCUT2D eigenvalue weighted by molar-refractivity contribution is 5.74. The van der Waals surface area contributed by atoms with Crippen molar-refractivity contribution in [2.24, 2.45) is 0 Å². The van der Waals surface area contributed by atoms with Gasteiger partial charge in [-0.15, -0.1) is 0 Å². The summed E-state index contributed by atoms with van der Waals surface area (Å²) in [5.74, 6) is 0.544. The third kappa shape index (κ3) is 4.60. The summed E-state index contributed by atoms with van der Waals surface area (Å²) in [4.78, 5) is 17.5. The highest BCUT2D eigenvalue weighted by Gasteiger charge is 2.35. The van der Waals surface area contributed by atoms with Crippen molar-refractivity contribution >= 4 is 5.97 Å². The monoisotopic (exact) mass is 474 g/mol. The van der Waals surface area contributed by atoms with Crippen molar-refractivity contribution in [2.45, 2.75) is 38.3 Å². The first-order valence-electron chi connectivity index (χ1n) is 11.7. The summed E-state index contributed by atoms with van der Waals surface area (Å²) >= 11 is 0. The molecule has 9 heteroatoms. The van der Waals surface area contributed by atoms with E-state index in [2.05, 4.69) is 22.2 Å². The molecule has 1 aliphatic heterocycles. The van der Waals surface area contributed by atoms with Crippen LogP contribution in [0.3, 0.4) is 0 Å². The topological polar surface area (TPSA) is 126 Å². The second-order valence-corrected chi connectivity index (χ2v) is 8.65. The molecule has 1 saturated heterocycles. The molecule has 4 aromatic rings. The van der Waals surface area contributed by atoms with Crippen molar-refractivity contribution in [2.75, 3.05) is 13.1 Å². The Morgan fingerprint density at radius 2 is 1.86 bits per heavy atom. The SMILES string of the molecule is CCCc1c(-c2nc(-c3ccc(C(O)CN4CC[C@@H]4C(=O)O)cc3)no2)noc1-c1ccccc1. The van der Waals surface area contributed by atoms with Crippen LogP contribution in [0, 0.1) is 0 Å². The number of aliphatic hydroxyl groups is 1. The predicted molar refractivity (Wildman–Crippen MR) is 127 cm³/mol. The first-order valence-corrected chi connectivity index (χ1v) is 11.7. The van der Waals surface area contributed by atoms with Gasteiger partial charge in [-0.05, 0) is 18.4 Å². The first kappa shape index (κ1) is 22.9. The average molecular weight is 475 g/mol. The predicted octanol–water partition coefficient (Wildman–Crippen LogP) is 4.20. The van der Waals surface area contributed by atoms with E-state index in [1.807, 2.05) is 42.5 Å². The number of aliphatic hydroxyl groups excluding tert-OH is 1. The fraction of sp³-hybridized carbons (Fsp3) is 0.308. The van der Waals surface area contributed by atoms with Crippen LogP contribution in [-0.4, -0.2) is 55.5 Å². The number of benzene rings is 2. The maximum Gasteiger partial charge on any atom is 0.320 e. The number of aliphatic carboxylic acids is 1. The minimum atomic E-state index is -0.850. The quantitative estimate of drug-likeness (QED) is 0.367. The molecule has 2 aromatic heterocycles. The van der Waals surface area contributed by atoms with Crippen molar-refractivity contribution < 1.29 is 24.1 Å². The molecule has 0 saturated carbocycles. The van der Waals surface area contributed by atoms with Crippen LogP contribution in [0.25, 0.3) is 34.3 Å². The molecule has 35 heavy (non-hydrogen) atoms. The number of likely N-dealkylation sites (tertiary alicyclic amines) is 1. The van der Waals surface area contributed by atoms with E-state index in [0.29, 0.717) is 35.8 Å². The Labute approximate surface area is 202 Å². The van der Waals surface area contributed by atoms with Crippen molar-refractivity contribution in [1.82, 2.24) is 20.2 Å². The summed E-state index contributed by atoms with van der Waals surface area (Å²) in [5.41, 5.74) is 3.84. The van der Waals surface area contributed by atoms with E-state index in [0.717, 1.165) is 29.5 Å². The van der Waals surface area contributed by atoms with E-state index < -0.39 is 18.1 Å². The van der Waals surface area contributed by atoms with Crippen LogP contribution in [0.15, 0.2) is 63.6 Å². The van der Waals surface area contributed by atoms with E-state index in [-0.39, 0.29) is 12.4 Å². The van der Waals surface area contributed by atoms with Gasteiger partial charge >= 0.3 is 5.97 Å². The molecule has 0 aliphatic carbocycles. The Hall–Kier alpha value is -3.82. The molecule has 2 aromatic carbocycles. The smallest absolute Gasteiger partial charge is 0.320 e. The number of hydrogen-bond donors (Lipinski definition) is 2. The van der Waals surface area contributed by atoms with Crippen molar-refractivity contribution in [1.29, 1.82) is 0 Å². The number of nitrogens with zero attached hydrogens (tertiary/aromatic N) is 4. The minimum Gasteiger partial charge on any atom is -0.480 e.